The van der Waals surface area contributed by atoms with E-state index >= 15 is 0 Å². The Labute approximate surface area is 114 Å². The molecule has 1 fully saturated rings. The van der Waals surface area contributed by atoms with E-state index < -0.39 is 5.60 Å². The fraction of sp³-hybridized carbons (Fsp3) is 0.600. The van der Waals surface area contributed by atoms with Gasteiger partial charge in [0, 0.05) is 12.7 Å². The molecule has 1 saturated carbocycles. The maximum atomic E-state index is 10.5. The lowest BCUT2D eigenvalue weighted by Crippen LogP contribution is -2.40. The first-order valence-electron chi connectivity index (χ1n) is 6.97. The third-order valence-electron chi connectivity index (χ3n) is 4.10. The Morgan fingerprint density at radius 1 is 1.47 bits per heavy atom. The highest BCUT2D eigenvalue weighted by molar-refractivity contribution is 5.39. The van der Waals surface area contributed by atoms with Gasteiger partial charge < -0.3 is 10.4 Å². The van der Waals surface area contributed by atoms with Crippen LogP contribution in [0.15, 0.2) is 18.3 Å². The number of aliphatic hydroxyl groups is 1. The molecule has 1 aromatic rings. The van der Waals surface area contributed by atoms with E-state index in [1.165, 1.54) is 6.42 Å². The molecule has 2 rings (SSSR count). The molecule has 0 radical (unpaired) electrons. The molecular weight excluding hydrogens is 238 g/mol. The predicted molar refractivity (Wildman–Crippen MR) is 74.6 cm³/mol. The fourth-order valence-electron chi connectivity index (χ4n) is 2.62. The molecule has 0 aromatic carbocycles. The molecule has 1 aliphatic rings. The van der Waals surface area contributed by atoms with Gasteiger partial charge in [-0.2, -0.15) is 5.26 Å². The predicted octanol–water partition coefficient (Wildman–Crippen LogP) is 2.70. The summed E-state index contributed by atoms with van der Waals surface area (Å²) in [5.41, 5.74) is -0.0611. The van der Waals surface area contributed by atoms with Crippen molar-refractivity contribution >= 4 is 5.82 Å². The second kappa shape index (κ2) is 6.03. The van der Waals surface area contributed by atoms with Crippen molar-refractivity contribution in [2.24, 2.45) is 5.92 Å². The van der Waals surface area contributed by atoms with E-state index in [4.69, 9.17) is 5.26 Å². The number of nitrogens with one attached hydrogen (secondary N) is 1. The van der Waals surface area contributed by atoms with Crippen LogP contribution in [0.3, 0.4) is 0 Å². The molecule has 102 valence electrons. The van der Waals surface area contributed by atoms with Crippen LogP contribution in [0.4, 0.5) is 5.82 Å². The maximum absolute atomic E-state index is 10.5. The molecule has 0 aliphatic heterocycles. The number of aromatic nitrogens is 1. The van der Waals surface area contributed by atoms with Crippen LogP contribution in [-0.2, 0) is 0 Å². The van der Waals surface area contributed by atoms with Gasteiger partial charge in [0.25, 0.3) is 0 Å². The Bertz CT molecular complexity index is 441. The Kier molecular flexibility index (Phi) is 4.39. The molecule has 0 atom stereocenters. The molecule has 0 unspecified atom stereocenters. The highest BCUT2D eigenvalue weighted by atomic mass is 16.3. The molecule has 2 N–H and O–H groups in total. The van der Waals surface area contributed by atoms with Gasteiger partial charge in [0.15, 0.2) is 0 Å². The molecule has 1 aliphatic carbocycles. The lowest BCUT2D eigenvalue weighted by molar-refractivity contribution is 0.00223. The number of hydrogen-bond acceptors (Lipinski definition) is 4. The van der Waals surface area contributed by atoms with Crippen LogP contribution in [-0.4, -0.2) is 22.2 Å². The van der Waals surface area contributed by atoms with Crippen LogP contribution < -0.4 is 5.32 Å². The van der Waals surface area contributed by atoms with E-state index in [1.807, 2.05) is 6.07 Å². The van der Waals surface area contributed by atoms with Gasteiger partial charge in [0.1, 0.15) is 11.9 Å². The molecule has 4 nitrogen and oxygen atoms in total. The van der Waals surface area contributed by atoms with Gasteiger partial charge in [0.2, 0.25) is 0 Å². The van der Waals surface area contributed by atoms with Crippen molar-refractivity contribution in [2.75, 3.05) is 11.9 Å². The fourth-order valence-corrected chi connectivity index (χ4v) is 2.62. The van der Waals surface area contributed by atoms with Crippen molar-refractivity contribution in [1.82, 2.24) is 4.98 Å². The Balaban J connectivity index is 1.86. The molecule has 0 spiro atoms. The van der Waals surface area contributed by atoms with Gasteiger partial charge in [-0.05, 0) is 43.7 Å². The Hall–Kier alpha value is -1.60. The van der Waals surface area contributed by atoms with Crippen molar-refractivity contribution in [2.45, 2.75) is 44.6 Å². The van der Waals surface area contributed by atoms with Crippen LogP contribution in [0.25, 0.3) is 0 Å². The van der Waals surface area contributed by atoms with E-state index in [1.54, 1.807) is 18.3 Å². The monoisotopic (exact) mass is 259 g/mol. The van der Waals surface area contributed by atoms with E-state index in [-0.39, 0.29) is 0 Å². The van der Waals surface area contributed by atoms with E-state index in [9.17, 15) is 5.11 Å². The van der Waals surface area contributed by atoms with Crippen molar-refractivity contribution in [3.05, 3.63) is 23.9 Å². The van der Waals surface area contributed by atoms with Crippen molar-refractivity contribution in [3.63, 3.8) is 0 Å². The van der Waals surface area contributed by atoms with E-state index in [2.05, 4.69) is 17.2 Å². The first kappa shape index (κ1) is 13.8. The first-order valence-corrected chi connectivity index (χ1v) is 6.97. The first-order chi connectivity index (χ1) is 9.15. The minimum atomic E-state index is -0.610. The van der Waals surface area contributed by atoms with E-state index in [0.717, 1.165) is 31.6 Å². The van der Waals surface area contributed by atoms with Gasteiger partial charge in [-0.3, -0.25) is 0 Å². The summed E-state index contributed by atoms with van der Waals surface area (Å²) < 4.78 is 0. The number of rotatable bonds is 4. The Morgan fingerprint density at radius 2 is 2.21 bits per heavy atom. The van der Waals surface area contributed by atoms with Crippen LogP contribution in [0.1, 0.15) is 44.6 Å². The zero-order valence-corrected chi connectivity index (χ0v) is 11.4. The smallest absolute Gasteiger partial charge is 0.126 e. The minimum absolute atomic E-state index is 0.530. The molecule has 0 bridgehead atoms. The molecule has 4 heteroatoms. The summed E-state index contributed by atoms with van der Waals surface area (Å²) in [6.45, 7) is 2.75. The third kappa shape index (κ3) is 3.68. The molecule has 1 heterocycles. The lowest BCUT2D eigenvalue weighted by Gasteiger charge is -2.36. The van der Waals surface area contributed by atoms with Crippen LogP contribution in [0.5, 0.6) is 0 Å². The molecule has 1 aromatic heterocycles. The summed E-state index contributed by atoms with van der Waals surface area (Å²) >= 11 is 0. The zero-order chi connectivity index (χ0) is 13.7. The molecule has 19 heavy (non-hydrogen) atoms. The third-order valence-corrected chi connectivity index (χ3v) is 4.10. The Morgan fingerprint density at radius 3 is 2.74 bits per heavy atom. The van der Waals surface area contributed by atoms with Crippen molar-refractivity contribution in [3.8, 4) is 6.07 Å². The van der Waals surface area contributed by atoms with Crippen LogP contribution in [0, 0.1) is 17.2 Å². The largest absolute Gasteiger partial charge is 0.388 e. The quantitative estimate of drug-likeness (QED) is 0.872. The van der Waals surface area contributed by atoms with Gasteiger partial charge >= 0.3 is 0 Å². The van der Waals surface area contributed by atoms with Crippen molar-refractivity contribution < 1.29 is 5.11 Å². The number of nitriles is 1. The zero-order valence-electron chi connectivity index (χ0n) is 11.4. The lowest BCUT2D eigenvalue weighted by atomic mass is 9.78. The summed E-state index contributed by atoms with van der Waals surface area (Å²) in [4.78, 5) is 4.15. The topological polar surface area (TPSA) is 68.9 Å². The standard InChI is InChI=1S/C15H21N3O/c1-2-12-5-7-15(19,8-6-12)11-18-14-4-3-13(9-16)10-17-14/h3-4,10,12,19H,2,5-8,11H2,1H3,(H,17,18). The normalized spacial score (nSPS) is 26.7. The van der Waals surface area contributed by atoms with Gasteiger partial charge in [-0.15, -0.1) is 0 Å². The summed E-state index contributed by atoms with van der Waals surface area (Å²) in [5.74, 6) is 1.48. The molecular formula is C15H21N3O. The van der Waals surface area contributed by atoms with Crippen molar-refractivity contribution in [1.29, 1.82) is 5.26 Å². The SMILES string of the molecule is CCC1CCC(O)(CNc2ccc(C#N)cn2)CC1. The minimum Gasteiger partial charge on any atom is -0.388 e. The average molecular weight is 259 g/mol. The summed E-state index contributed by atoms with van der Waals surface area (Å²) in [7, 11) is 0. The number of nitrogens with zero attached hydrogens (tertiary/aromatic N) is 2. The summed E-state index contributed by atoms with van der Waals surface area (Å²) in [5, 5.41) is 22.4. The van der Waals surface area contributed by atoms with Gasteiger partial charge in [0.05, 0.1) is 11.2 Å². The summed E-state index contributed by atoms with van der Waals surface area (Å²) in [6, 6.07) is 5.55. The van der Waals surface area contributed by atoms with Gasteiger partial charge in [-0.1, -0.05) is 13.3 Å². The highest BCUT2D eigenvalue weighted by Crippen LogP contribution is 2.33. The maximum Gasteiger partial charge on any atom is 0.126 e. The highest BCUT2D eigenvalue weighted by Gasteiger charge is 2.32. The number of hydrogen-bond donors (Lipinski definition) is 2. The molecule has 0 saturated heterocycles. The molecule has 0 amide bonds. The second-order valence-electron chi connectivity index (χ2n) is 5.47. The number of pyridine rings is 1. The van der Waals surface area contributed by atoms with Crippen LogP contribution >= 0.6 is 0 Å². The van der Waals surface area contributed by atoms with Gasteiger partial charge in [-0.25, -0.2) is 4.98 Å². The average Bonchev–Trinajstić information content (AvgIpc) is 2.47. The second-order valence-corrected chi connectivity index (χ2v) is 5.47. The summed E-state index contributed by atoms with van der Waals surface area (Å²) in [6.07, 6.45) is 6.68. The van der Waals surface area contributed by atoms with Crippen LogP contribution in [0.2, 0.25) is 0 Å². The number of anilines is 1. The van der Waals surface area contributed by atoms with E-state index in [0.29, 0.717) is 17.9 Å².